The number of fused-ring (bicyclic) bond motifs is 1. The van der Waals surface area contributed by atoms with E-state index in [2.05, 4.69) is 34.5 Å². The summed E-state index contributed by atoms with van der Waals surface area (Å²) in [7, 11) is 0. The second kappa shape index (κ2) is 8.02. The molecule has 0 aliphatic carbocycles. The molecule has 6 heteroatoms. The van der Waals surface area contributed by atoms with Gasteiger partial charge in [-0.3, -0.25) is 4.90 Å². The molecule has 0 bridgehead atoms. The van der Waals surface area contributed by atoms with Crippen LogP contribution in [0.4, 0.5) is 4.79 Å². The smallest absolute Gasteiger partial charge is 0.335 e. The van der Waals surface area contributed by atoms with E-state index in [0.29, 0.717) is 18.4 Å². The van der Waals surface area contributed by atoms with Crippen molar-refractivity contribution in [2.45, 2.75) is 13.1 Å². The number of urea groups is 1. The van der Waals surface area contributed by atoms with Crippen molar-refractivity contribution in [3.63, 3.8) is 0 Å². The van der Waals surface area contributed by atoms with Gasteiger partial charge in [-0.2, -0.15) is 0 Å². The van der Waals surface area contributed by atoms with Crippen molar-refractivity contribution in [1.82, 2.24) is 15.1 Å². The van der Waals surface area contributed by atoms with Crippen LogP contribution in [0.25, 0.3) is 0 Å². The molecule has 2 fully saturated rings. The minimum atomic E-state index is -0.944. The van der Waals surface area contributed by atoms with Gasteiger partial charge in [0, 0.05) is 39.3 Å². The van der Waals surface area contributed by atoms with Crippen LogP contribution in [-0.2, 0) is 13.1 Å². The van der Waals surface area contributed by atoms with E-state index in [1.54, 1.807) is 24.3 Å². The number of carbonyl (C=O) groups excluding carboxylic acids is 1. The van der Waals surface area contributed by atoms with Gasteiger partial charge in [0.1, 0.15) is 0 Å². The van der Waals surface area contributed by atoms with Gasteiger partial charge in [-0.25, -0.2) is 9.59 Å². The molecule has 0 spiro atoms. The van der Waals surface area contributed by atoms with Crippen LogP contribution in [-0.4, -0.2) is 53.1 Å². The predicted octanol–water partition coefficient (Wildman–Crippen LogP) is 2.66. The number of carbonyl (C=O) groups is 2. The molecular formula is C22H25N3O3. The molecule has 0 radical (unpaired) electrons. The van der Waals surface area contributed by atoms with Gasteiger partial charge in [0.25, 0.3) is 0 Å². The Bertz CT molecular complexity index is 824. The maximum atomic E-state index is 12.5. The number of nitrogens with zero attached hydrogens (tertiary/aromatic N) is 2. The molecule has 2 N–H and O–H groups in total. The number of nitrogens with one attached hydrogen (secondary N) is 1. The van der Waals surface area contributed by atoms with E-state index in [9.17, 15) is 9.59 Å². The van der Waals surface area contributed by atoms with E-state index < -0.39 is 5.97 Å². The Kier molecular flexibility index (Phi) is 5.30. The van der Waals surface area contributed by atoms with Gasteiger partial charge in [0.2, 0.25) is 0 Å². The maximum Gasteiger partial charge on any atom is 0.335 e. The highest BCUT2D eigenvalue weighted by Gasteiger charge is 2.41. The number of hydrogen-bond donors (Lipinski definition) is 2. The number of rotatable bonds is 5. The van der Waals surface area contributed by atoms with Crippen LogP contribution in [0.15, 0.2) is 54.6 Å². The number of hydrogen-bond acceptors (Lipinski definition) is 3. The van der Waals surface area contributed by atoms with Gasteiger partial charge in [-0.15, -0.1) is 0 Å². The summed E-state index contributed by atoms with van der Waals surface area (Å²) in [5, 5.41) is 11.9. The van der Waals surface area contributed by atoms with Crippen molar-refractivity contribution >= 4 is 12.0 Å². The van der Waals surface area contributed by atoms with Gasteiger partial charge < -0.3 is 15.3 Å². The van der Waals surface area contributed by atoms with Crippen molar-refractivity contribution in [2.24, 2.45) is 11.8 Å². The van der Waals surface area contributed by atoms with E-state index in [1.807, 2.05) is 11.0 Å². The van der Waals surface area contributed by atoms with Crippen molar-refractivity contribution in [2.75, 3.05) is 26.2 Å². The van der Waals surface area contributed by atoms with Crippen molar-refractivity contribution in [3.05, 3.63) is 71.3 Å². The Morgan fingerprint density at radius 2 is 1.54 bits per heavy atom. The first-order valence-corrected chi connectivity index (χ1v) is 9.70. The Balaban J connectivity index is 1.24. The number of benzene rings is 2. The lowest BCUT2D eigenvalue weighted by Gasteiger charge is -2.22. The second-order valence-corrected chi connectivity index (χ2v) is 7.77. The molecule has 2 aliphatic heterocycles. The lowest BCUT2D eigenvalue weighted by atomic mass is 10.0. The van der Waals surface area contributed by atoms with Crippen LogP contribution in [0.3, 0.4) is 0 Å². The van der Waals surface area contributed by atoms with Crippen molar-refractivity contribution < 1.29 is 14.7 Å². The molecular weight excluding hydrogens is 354 g/mol. The third kappa shape index (κ3) is 4.17. The zero-order valence-corrected chi connectivity index (χ0v) is 15.8. The van der Waals surface area contributed by atoms with Crippen molar-refractivity contribution in [3.8, 4) is 0 Å². The molecule has 2 amide bonds. The fourth-order valence-electron chi connectivity index (χ4n) is 4.28. The normalized spacial score (nSPS) is 21.5. The van der Waals surface area contributed by atoms with E-state index >= 15 is 0 Å². The Labute approximate surface area is 164 Å². The minimum Gasteiger partial charge on any atom is -0.478 e. The molecule has 2 atom stereocenters. The third-order valence-corrected chi connectivity index (χ3v) is 5.74. The summed E-state index contributed by atoms with van der Waals surface area (Å²) in [6.07, 6.45) is 0. The molecule has 0 saturated carbocycles. The molecule has 28 heavy (non-hydrogen) atoms. The monoisotopic (exact) mass is 379 g/mol. The van der Waals surface area contributed by atoms with Gasteiger partial charge in [-0.05, 0) is 35.1 Å². The summed E-state index contributed by atoms with van der Waals surface area (Å²) in [6, 6.07) is 17.1. The summed E-state index contributed by atoms with van der Waals surface area (Å²) < 4.78 is 0. The molecule has 2 heterocycles. The van der Waals surface area contributed by atoms with Crippen LogP contribution in [0.5, 0.6) is 0 Å². The van der Waals surface area contributed by atoms with Crippen LogP contribution in [0.2, 0.25) is 0 Å². The quantitative estimate of drug-likeness (QED) is 0.838. The number of aromatic carboxylic acids is 1. The first-order chi connectivity index (χ1) is 13.6. The van der Waals surface area contributed by atoms with Crippen LogP contribution in [0.1, 0.15) is 21.5 Å². The Morgan fingerprint density at radius 3 is 2.14 bits per heavy atom. The molecule has 146 valence electrons. The van der Waals surface area contributed by atoms with Crippen LogP contribution >= 0.6 is 0 Å². The molecule has 2 aliphatic rings. The van der Waals surface area contributed by atoms with E-state index in [0.717, 1.165) is 38.3 Å². The first kappa shape index (κ1) is 18.5. The van der Waals surface area contributed by atoms with Gasteiger partial charge >= 0.3 is 12.0 Å². The molecule has 0 aromatic heterocycles. The number of carboxylic acid groups (broad SMARTS) is 1. The summed E-state index contributed by atoms with van der Waals surface area (Å²) in [5.74, 6) is 0.147. The largest absolute Gasteiger partial charge is 0.478 e. The van der Waals surface area contributed by atoms with Crippen LogP contribution < -0.4 is 5.32 Å². The topological polar surface area (TPSA) is 72.9 Å². The Hall–Kier alpha value is -2.86. The van der Waals surface area contributed by atoms with Gasteiger partial charge in [0.05, 0.1) is 5.56 Å². The lowest BCUT2D eigenvalue weighted by Crippen LogP contribution is -2.40. The van der Waals surface area contributed by atoms with E-state index in [1.165, 1.54) is 5.56 Å². The molecule has 4 rings (SSSR count). The van der Waals surface area contributed by atoms with Gasteiger partial charge in [-0.1, -0.05) is 42.5 Å². The molecule has 2 saturated heterocycles. The average molecular weight is 379 g/mol. The third-order valence-electron chi connectivity index (χ3n) is 5.74. The minimum absolute atomic E-state index is 0.0358. The molecule has 2 aromatic rings. The molecule has 2 aromatic carbocycles. The summed E-state index contributed by atoms with van der Waals surface area (Å²) in [6.45, 7) is 5.08. The average Bonchev–Trinajstić information content (AvgIpc) is 3.26. The number of carboxylic acids is 1. The summed E-state index contributed by atoms with van der Waals surface area (Å²) in [4.78, 5) is 27.8. The van der Waals surface area contributed by atoms with Gasteiger partial charge in [0.15, 0.2) is 0 Å². The first-order valence-electron chi connectivity index (χ1n) is 9.70. The van der Waals surface area contributed by atoms with Crippen LogP contribution in [0, 0.1) is 11.8 Å². The lowest BCUT2D eigenvalue weighted by molar-refractivity contribution is 0.0697. The molecule has 0 unspecified atom stereocenters. The zero-order valence-electron chi connectivity index (χ0n) is 15.8. The Morgan fingerprint density at radius 1 is 0.893 bits per heavy atom. The highest BCUT2D eigenvalue weighted by Crippen LogP contribution is 2.31. The number of amides is 2. The SMILES string of the molecule is O=C(O)c1ccc(CNC(=O)N2C[C@H]3CN(Cc4ccccc4)C[C@H]3C2)cc1. The fourth-order valence-corrected chi connectivity index (χ4v) is 4.28. The predicted molar refractivity (Wildman–Crippen MR) is 106 cm³/mol. The highest BCUT2D eigenvalue weighted by atomic mass is 16.4. The number of likely N-dealkylation sites (tertiary alicyclic amines) is 2. The van der Waals surface area contributed by atoms with E-state index in [4.69, 9.17) is 5.11 Å². The fraction of sp³-hybridized carbons (Fsp3) is 0.364. The summed E-state index contributed by atoms with van der Waals surface area (Å²) in [5.41, 5.74) is 2.49. The van der Waals surface area contributed by atoms with E-state index in [-0.39, 0.29) is 11.6 Å². The molecule has 6 nitrogen and oxygen atoms in total. The maximum absolute atomic E-state index is 12.5. The zero-order chi connectivity index (χ0) is 19.5. The highest BCUT2D eigenvalue weighted by molar-refractivity contribution is 5.87. The summed E-state index contributed by atoms with van der Waals surface area (Å²) >= 11 is 0. The standard InChI is InChI=1S/C22H25N3O3/c26-21(27)18-8-6-16(7-9-18)10-23-22(28)25-14-19-12-24(13-20(19)15-25)11-17-4-2-1-3-5-17/h1-9,19-20H,10-15H2,(H,23,28)(H,26,27)/t19-,20+. The second-order valence-electron chi connectivity index (χ2n) is 7.77. The van der Waals surface area contributed by atoms with Crippen molar-refractivity contribution in [1.29, 1.82) is 0 Å².